The molecular weight excluding hydrogens is 524 g/mol. The lowest BCUT2D eigenvalue weighted by molar-refractivity contribution is -0.119. The zero-order valence-electron chi connectivity index (χ0n) is 22.9. The van der Waals surface area contributed by atoms with Crippen LogP contribution in [0.15, 0.2) is 65.6 Å². The first-order valence-electron chi connectivity index (χ1n) is 12.1. The first kappa shape index (κ1) is 29.4. The van der Waals surface area contributed by atoms with Crippen molar-refractivity contribution in [1.82, 2.24) is 5.32 Å². The Hall–Kier alpha value is -4.12. The summed E-state index contributed by atoms with van der Waals surface area (Å²) in [6.45, 7) is 3.55. The first-order chi connectivity index (χ1) is 18.6. The van der Waals surface area contributed by atoms with Crippen molar-refractivity contribution >= 4 is 21.6 Å². The molecule has 3 aromatic carbocycles. The highest BCUT2D eigenvalue weighted by atomic mass is 32.2. The molecule has 0 aromatic heterocycles. The number of methoxy groups -OCH3 is 4. The summed E-state index contributed by atoms with van der Waals surface area (Å²) in [4.78, 5) is 13.0. The van der Waals surface area contributed by atoms with Gasteiger partial charge in [0.15, 0.2) is 11.5 Å². The predicted molar refractivity (Wildman–Crippen MR) is 148 cm³/mol. The molecule has 10 nitrogen and oxygen atoms in total. The average molecular weight is 559 g/mol. The normalized spacial score (nSPS) is 11.1. The van der Waals surface area contributed by atoms with Crippen molar-refractivity contribution in [2.75, 3.05) is 39.3 Å². The first-order valence-corrected chi connectivity index (χ1v) is 13.6. The van der Waals surface area contributed by atoms with E-state index in [0.717, 1.165) is 15.6 Å². The largest absolute Gasteiger partial charge is 0.497 e. The summed E-state index contributed by atoms with van der Waals surface area (Å²) in [5, 5.41) is 2.79. The molecule has 0 bridgehead atoms. The zero-order valence-corrected chi connectivity index (χ0v) is 23.7. The molecule has 0 heterocycles. The zero-order chi connectivity index (χ0) is 28.6. The number of ether oxygens (including phenoxy) is 5. The summed E-state index contributed by atoms with van der Waals surface area (Å²) < 4.78 is 55.8. The molecule has 0 saturated carbocycles. The minimum atomic E-state index is -4.28. The molecule has 210 valence electrons. The van der Waals surface area contributed by atoms with E-state index in [4.69, 9.17) is 23.7 Å². The van der Waals surface area contributed by atoms with Crippen LogP contribution >= 0.6 is 0 Å². The number of anilines is 1. The molecule has 3 aromatic rings. The molecule has 0 saturated heterocycles. The third-order valence-electron chi connectivity index (χ3n) is 5.67. The monoisotopic (exact) mass is 558 g/mol. The second-order valence-electron chi connectivity index (χ2n) is 8.65. The molecule has 0 aliphatic heterocycles. The highest BCUT2D eigenvalue weighted by Gasteiger charge is 2.31. The highest BCUT2D eigenvalue weighted by Crippen LogP contribution is 2.37. The van der Waals surface area contributed by atoms with E-state index in [1.54, 1.807) is 12.1 Å². The van der Waals surface area contributed by atoms with E-state index in [9.17, 15) is 13.2 Å². The van der Waals surface area contributed by atoms with Gasteiger partial charge in [-0.1, -0.05) is 12.1 Å². The van der Waals surface area contributed by atoms with E-state index < -0.39 is 22.5 Å². The Morgan fingerprint density at radius 1 is 0.795 bits per heavy atom. The quantitative estimate of drug-likeness (QED) is 0.335. The lowest BCUT2D eigenvalue weighted by atomic mass is 10.2. The topological polar surface area (TPSA) is 113 Å². The van der Waals surface area contributed by atoms with E-state index in [-0.39, 0.29) is 34.7 Å². The van der Waals surface area contributed by atoms with Crippen molar-refractivity contribution in [2.45, 2.75) is 31.4 Å². The van der Waals surface area contributed by atoms with Gasteiger partial charge in [-0.3, -0.25) is 9.10 Å². The summed E-state index contributed by atoms with van der Waals surface area (Å²) in [6, 6.07) is 16.2. The van der Waals surface area contributed by atoms with E-state index in [1.165, 1.54) is 52.7 Å². The lowest BCUT2D eigenvalue weighted by Crippen LogP contribution is -2.40. The van der Waals surface area contributed by atoms with Crippen molar-refractivity contribution < 1.29 is 36.9 Å². The Morgan fingerprint density at radius 3 is 2.00 bits per heavy atom. The molecule has 39 heavy (non-hydrogen) atoms. The minimum absolute atomic E-state index is 0.0442. The maximum absolute atomic E-state index is 13.9. The number of nitrogens with zero attached hydrogens (tertiary/aromatic N) is 1. The van der Waals surface area contributed by atoms with Gasteiger partial charge in [0, 0.05) is 18.7 Å². The second-order valence-corrected chi connectivity index (χ2v) is 10.5. The molecular formula is C28H34N2O8S. The van der Waals surface area contributed by atoms with Crippen LogP contribution < -0.4 is 33.3 Å². The number of rotatable bonds is 13. The standard InChI is InChI=1S/C28H34N2O8S/c1-19(2)38-21-9-7-20(8-10-21)17-29-28(31)18-30(24-15-22(34-3)11-13-25(24)35-4)39(32,33)23-12-14-26(36-5)27(16-23)37-6/h7-16,19H,17-18H2,1-6H3,(H,29,31). The van der Waals surface area contributed by atoms with Crippen LogP contribution in [0.25, 0.3) is 0 Å². The molecule has 0 fully saturated rings. The van der Waals surface area contributed by atoms with Crippen LogP contribution in [0.4, 0.5) is 5.69 Å². The fourth-order valence-electron chi connectivity index (χ4n) is 3.74. The van der Waals surface area contributed by atoms with Crippen LogP contribution in [0.2, 0.25) is 0 Å². The maximum atomic E-state index is 13.9. The maximum Gasteiger partial charge on any atom is 0.265 e. The number of carbonyl (C=O) groups is 1. The molecule has 0 atom stereocenters. The molecule has 0 radical (unpaired) electrons. The van der Waals surface area contributed by atoms with Crippen molar-refractivity contribution in [3.8, 4) is 28.7 Å². The number of benzene rings is 3. The molecule has 0 aliphatic rings. The van der Waals surface area contributed by atoms with Gasteiger partial charge in [0.1, 0.15) is 23.8 Å². The average Bonchev–Trinajstić information content (AvgIpc) is 2.94. The van der Waals surface area contributed by atoms with Gasteiger partial charge in [0.25, 0.3) is 10.0 Å². The number of carbonyl (C=O) groups excluding carboxylic acids is 1. The third-order valence-corrected chi connectivity index (χ3v) is 7.43. The van der Waals surface area contributed by atoms with Crippen LogP contribution in [0.1, 0.15) is 19.4 Å². The molecule has 0 unspecified atom stereocenters. The Kier molecular flexibility index (Phi) is 9.89. The fraction of sp³-hybridized carbons (Fsp3) is 0.321. The van der Waals surface area contributed by atoms with Gasteiger partial charge in [-0.2, -0.15) is 0 Å². The minimum Gasteiger partial charge on any atom is -0.497 e. The Labute approximate surface area is 229 Å². The van der Waals surface area contributed by atoms with Crippen LogP contribution in [-0.4, -0.2) is 55.4 Å². The highest BCUT2D eigenvalue weighted by molar-refractivity contribution is 7.92. The van der Waals surface area contributed by atoms with Crippen molar-refractivity contribution in [1.29, 1.82) is 0 Å². The summed E-state index contributed by atoms with van der Waals surface area (Å²) in [5.74, 6) is 1.43. The van der Waals surface area contributed by atoms with Crippen LogP contribution in [0.5, 0.6) is 28.7 Å². The van der Waals surface area contributed by atoms with Gasteiger partial charge in [-0.15, -0.1) is 0 Å². The molecule has 0 aliphatic carbocycles. The van der Waals surface area contributed by atoms with Crippen molar-refractivity contribution in [3.63, 3.8) is 0 Å². The van der Waals surface area contributed by atoms with Gasteiger partial charge in [-0.05, 0) is 55.8 Å². The molecule has 11 heteroatoms. The smallest absolute Gasteiger partial charge is 0.265 e. The fourth-order valence-corrected chi connectivity index (χ4v) is 5.18. The van der Waals surface area contributed by atoms with Gasteiger partial charge in [-0.25, -0.2) is 8.42 Å². The van der Waals surface area contributed by atoms with Crippen LogP contribution in [0.3, 0.4) is 0 Å². The second kappa shape index (κ2) is 13.1. The van der Waals surface area contributed by atoms with Gasteiger partial charge >= 0.3 is 0 Å². The molecule has 1 amide bonds. The van der Waals surface area contributed by atoms with Crippen LogP contribution in [-0.2, 0) is 21.4 Å². The van der Waals surface area contributed by atoms with E-state index in [1.807, 2.05) is 38.1 Å². The predicted octanol–water partition coefficient (Wildman–Crippen LogP) is 4.02. The number of nitrogens with one attached hydrogen (secondary N) is 1. The van der Waals surface area contributed by atoms with E-state index in [0.29, 0.717) is 11.5 Å². The Bertz CT molecular complexity index is 1370. The Balaban J connectivity index is 1.94. The van der Waals surface area contributed by atoms with E-state index in [2.05, 4.69) is 5.32 Å². The lowest BCUT2D eigenvalue weighted by Gasteiger charge is -2.26. The number of sulfonamides is 1. The van der Waals surface area contributed by atoms with Gasteiger partial charge in [0.2, 0.25) is 5.91 Å². The van der Waals surface area contributed by atoms with Crippen molar-refractivity contribution in [3.05, 3.63) is 66.2 Å². The number of amides is 1. The van der Waals surface area contributed by atoms with E-state index >= 15 is 0 Å². The number of hydrogen-bond acceptors (Lipinski definition) is 8. The summed E-state index contributed by atoms with van der Waals surface area (Å²) in [7, 11) is 1.46. The van der Waals surface area contributed by atoms with Gasteiger partial charge in [0.05, 0.1) is 45.1 Å². The summed E-state index contributed by atoms with van der Waals surface area (Å²) in [6.07, 6.45) is 0.0442. The SMILES string of the molecule is COc1ccc(OC)c(N(CC(=O)NCc2ccc(OC(C)C)cc2)S(=O)(=O)c2ccc(OC)c(OC)c2)c1. The molecule has 3 rings (SSSR count). The summed E-state index contributed by atoms with van der Waals surface area (Å²) >= 11 is 0. The summed E-state index contributed by atoms with van der Waals surface area (Å²) in [5.41, 5.74) is 0.963. The number of hydrogen-bond donors (Lipinski definition) is 1. The molecule has 1 N–H and O–H groups in total. The molecule has 0 spiro atoms. The van der Waals surface area contributed by atoms with Gasteiger partial charge < -0.3 is 29.0 Å². The third kappa shape index (κ3) is 7.26. The van der Waals surface area contributed by atoms with Crippen molar-refractivity contribution in [2.24, 2.45) is 0 Å². The van der Waals surface area contributed by atoms with Crippen LogP contribution in [0, 0.1) is 0 Å². The Morgan fingerprint density at radius 2 is 1.41 bits per heavy atom.